The Bertz CT molecular complexity index is 614. The molecule has 1 aliphatic heterocycles. The Morgan fingerprint density at radius 1 is 1.32 bits per heavy atom. The molecule has 1 aromatic carbocycles. The summed E-state index contributed by atoms with van der Waals surface area (Å²) in [5.74, 6) is 0.897. The van der Waals surface area contributed by atoms with Gasteiger partial charge in [-0.05, 0) is 44.2 Å². The van der Waals surface area contributed by atoms with Gasteiger partial charge in [-0.25, -0.2) is 4.79 Å². The molecule has 0 aromatic heterocycles. The summed E-state index contributed by atoms with van der Waals surface area (Å²) in [6, 6.07) is 7.07. The van der Waals surface area contributed by atoms with Crippen LogP contribution in [0, 0.1) is 0 Å². The van der Waals surface area contributed by atoms with Crippen molar-refractivity contribution >= 4 is 17.6 Å². The number of carbonyl (C=O) groups is 2. The van der Waals surface area contributed by atoms with Gasteiger partial charge in [0.25, 0.3) is 0 Å². The van der Waals surface area contributed by atoms with Crippen molar-refractivity contribution in [2.24, 2.45) is 0 Å². The number of benzene rings is 1. The highest BCUT2D eigenvalue weighted by molar-refractivity contribution is 5.90. The van der Waals surface area contributed by atoms with Gasteiger partial charge >= 0.3 is 6.03 Å². The van der Waals surface area contributed by atoms with Crippen LogP contribution in [0.5, 0.6) is 5.75 Å². The van der Waals surface area contributed by atoms with Crippen molar-refractivity contribution in [1.29, 1.82) is 0 Å². The molecule has 0 radical (unpaired) electrons. The molecule has 0 bridgehead atoms. The minimum atomic E-state index is -0.283. The Hall–Kier alpha value is -2.24. The summed E-state index contributed by atoms with van der Waals surface area (Å²) in [4.78, 5) is 25.9. The maximum absolute atomic E-state index is 12.2. The molecule has 1 saturated carbocycles. The van der Waals surface area contributed by atoms with E-state index in [1.165, 1.54) is 12.8 Å². The van der Waals surface area contributed by atoms with E-state index < -0.39 is 0 Å². The number of amides is 3. The lowest BCUT2D eigenvalue weighted by Gasteiger charge is -2.17. The molecule has 25 heavy (non-hydrogen) atoms. The highest BCUT2D eigenvalue weighted by atomic mass is 16.5. The highest BCUT2D eigenvalue weighted by Crippen LogP contribution is 2.25. The zero-order valence-corrected chi connectivity index (χ0v) is 14.8. The number of nitrogens with zero attached hydrogens (tertiary/aromatic N) is 1. The second-order valence-corrected chi connectivity index (χ2v) is 6.89. The van der Waals surface area contributed by atoms with Crippen LogP contribution in [0.25, 0.3) is 0 Å². The van der Waals surface area contributed by atoms with Gasteiger partial charge in [-0.3, -0.25) is 4.79 Å². The molecular formula is C19H27N3O3. The quantitative estimate of drug-likeness (QED) is 0.832. The lowest BCUT2D eigenvalue weighted by atomic mass is 10.2. The fraction of sp³-hybridized carbons (Fsp3) is 0.579. The molecule has 0 unspecified atom stereocenters. The number of nitrogens with one attached hydrogen (secondary N) is 2. The van der Waals surface area contributed by atoms with Crippen molar-refractivity contribution in [3.05, 3.63) is 24.3 Å². The number of carbonyl (C=O) groups excluding carboxylic acids is 2. The second kappa shape index (κ2) is 8.23. The topological polar surface area (TPSA) is 70.7 Å². The van der Waals surface area contributed by atoms with E-state index in [0.29, 0.717) is 18.7 Å². The monoisotopic (exact) mass is 345 g/mol. The summed E-state index contributed by atoms with van der Waals surface area (Å²) in [6.45, 7) is 3.38. The third-order valence-corrected chi connectivity index (χ3v) is 4.74. The number of likely N-dealkylation sites (tertiary alicyclic amines) is 1. The van der Waals surface area contributed by atoms with Crippen LogP contribution in [-0.2, 0) is 4.79 Å². The summed E-state index contributed by atoms with van der Waals surface area (Å²) in [5, 5.41) is 5.72. The Morgan fingerprint density at radius 2 is 2.12 bits per heavy atom. The number of ether oxygens (including phenoxy) is 1. The third-order valence-electron chi connectivity index (χ3n) is 4.74. The molecule has 1 atom stereocenters. The van der Waals surface area contributed by atoms with E-state index in [1.807, 2.05) is 31.2 Å². The van der Waals surface area contributed by atoms with Crippen LogP contribution in [0.1, 0.15) is 45.4 Å². The van der Waals surface area contributed by atoms with E-state index in [-0.39, 0.29) is 24.1 Å². The molecular weight excluding hydrogens is 318 g/mol. The molecule has 3 amide bonds. The van der Waals surface area contributed by atoms with Gasteiger partial charge in [0.15, 0.2) is 0 Å². The number of rotatable bonds is 6. The van der Waals surface area contributed by atoms with Gasteiger partial charge in [0, 0.05) is 31.3 Å². The maximum Gasteiger partial charge on any atom is 0.319 e. The molecule has 1 heterocycles. The number of hydrogen-bond acceptors (Lipinski definition) is 3. The Labute approximate surface area is 148 Å². The predicted molar refractivity (Wildman–Crippen MR) is 96.8 cm³/mol. The SMILES string of the molecule is CCCN1C[C@H](NC(=O)Nc2cccc(OC3CCCC3)c2)CC1=O. The van der Waals surface area contributed by atoms with E-state index in [9.17, 15) is 9.59 Å². The van der Waals surface area contributed by atoms with Gasteiger partial charge in [0.2, 0.25) is 5.91 Å². The Kier molecular flexibility index (Phi) is 5.79. The molecule has 3 rings (SSSR count). The standard InChI is InChI=1S/C19H27N3O3/c1-2-10-22-13-15(12-18(22)23)21-19(24)20-14-6-5-9-17(11-14)25-16-7-3-4-8-16/h5-6,9,11,15-16H,2-4,7-8,10,12-13H2,1H3,(H2,20,21,24)/t15-/m1/s1. The van der Waals surface area contributed by atoms with Crippen molar-refractivity contribution in [3.63, 3.8) is 0 Å². The summed E-state index contributed by atoms with van der Waals surface area (Å²) in [7, 11) is 0. The number of hydrogen-bond donors (Lipinski definition) is 2. The molecule has 0 spiro atoms. The van der Waals surface area contributed by atoms with E-state index in [2.05, 4.69) is 10.6 Å². The average Bonchev–Trinajstić information content (AvgIpc) is 3.18. The predicted octanol–water partition coefficient (Wildman–Crippen LogP) is 3.14. The minimum absolute atomic E-state index is 0.110. The fourth-order valence-electron chi connectivity index (χ4n) is 3.55. The van der Waals surface area contributed by atoms with Crippen molar-refractivity contribution < 1.29 is 14.3 Å². The van der Waals surface area contributed by atoms with Crippen LogP contribution in [-0.4, -0.2) is 42.1 Å². The first-order chi connectivity index (χ1) is 12.1. The van der Waals surface area contributed by atoms with Gasteiger partial charge in [-0.2, -0.15) is 0 Å². The second-order valence-electron chi connectivity index (χ2n) is 6.89. The summed E-state index contributed by atoms with van der Waals surface area (Å²) >= 11 is 0. The third kappa shape index (κ3) is 4.87. The van der Waals surface area contributed by atoms with Crippen molar-refractivity contribution in [3.8, 4) is 5.75 Å². The first kappa shape index (κ1) is 17.6. The largest absolute Gasteiger partial charge is 0.490 e. The van der Waals surface area contributed by atoms with Crippen LogP contribution in [0.2, 0.25) is 0 Å². The molecule has 6 nitrogen and oxygen atoms in total. The van der Waals surface area contributed by atoms with E-state index in [0.717, 1.165) is 31.6 Å². The molecule has 2 fully saturated rings. The molecule has 1 aliphatic carbocycles. The van der Waals surface area contributed by atoms with Gasteiger partial charge < -0.3 is 20.3 Å². The summed E-state index contributed by atoms with van der Waals surface area (Å²) < 4.78 is 5.96. The Balaban J connectivity index is 1.50. The van der Waals surface area contributed by atoms with Crippen LogP contribution < -0.4 is 15.4 Å². The normalized spacial score (nSPS) is 20.8. The molecule has 1 aromatic rings. The molecule has 2 N–H and O–H groups in total. The van der Waals surface area contributed by atoms with Crippen molar-refractivity contribution in [1.82, 2.24) is 10.2 Å². The average molecular weight is 345 g/mol. The van der Waals surface area contributed by atoms with E-state index >= 15 is 0 Å². The smallest absolute Gasteiger partial charge is 0.319 e. The van der Waals surface area contributed by atoms with Gasteiger partial charge in [0.05, 0.1) is 12.1 Å². The van der Waals surface area contributed by atoms with Crippen LogP contribution >= 0.6 is 0 Å². The highest BCUT2D eigenvalue weighted by Gasteiger charge is 2.29. The number of anilines is 1. The van der Waals surface area contributed by atoms with Gasteiger partial charge in [-0.15, -0.1) is 0 Å². The zero-order chi connectivity index (χ0) is 17.6. The molecule has 136 valence electrons. The minimum Gasteiger partial charge on any atom is -0.490 e. The van der Waals surface area contributed by atoms with Crippen LogP contribution in [0.15, 0.2) is 24.3 Å². The lowest BCUT2D eigenvalue weighted by Crippen LogP contribution is -2.39. The lowest BCUT2D eigenvalue weighted by molar-refractivity contribution is -0.127. The molecule has 1 saturated heterocycles. The van der Waals surface area contributed by atoms with Crippen molar-refractivity contribution in [2.45, 2.75) is 57.6 Å². The van der Waals surface area contributed by atoms with Gasteiger partial charge in [-0.1, -0.05) is 13.0 Å². The summed E-state index contributed by atoms with van der Waals surface area (Å²) in [6.07, 6.45) is 6.24. The van der Waals surface area contributed by atoms with E-state index in [1.54, 1.807) is 4.90 Å². The van der Waals surface area contributed by atoms with Crippen LogP contribution in [0.4, 0.5) is 10.5 Å². The van der Waals surface area contributed by atoms with Crippen LogP contribution in [0.3, 0.4) is 0 Å². The maximum atomic E-state index is 12.2. The summed E-state index contributed by atoms with van der Waals surface area (Å²) in [5.41, 5.74) is 0.697. The molecule has 2 aliphatic rings. The van der Waals surface area contributed by atoms with E-state index in [4.69, 9.17) is 4.74 Å². The fourth-order valence-corrected chi connectivity index (χ4v) is 3.55. The van der Waals surface area contributed by atoms with Crippen molar-refractivity contribution in [2.75, 3.05) is 18.4 Å². The zero-order valence-electron chi connectivity index (χ0n) is 14.8. The first-order valence-corrected chi connectivity index (χ1v) is 9.26. The van der Waals surface area contributed by atoms with Gasteiger partial charge in [0.1, 0.15) is 5.75 Å². The number of urea groups is 1. The first-order valence-electron chi connectivity index (χ1n) is 9.26. The molecule has 6 heteroatoms. The Morgan fingerprint density at radius 3 is 2.88 bits per heavy atom.